The summed E-state index contributed by atoms with van der Waals surface area (Å²) in [5, 5.41) is 8.80. The van der Waals surface area contributed by atoms with Gasteiger partial charge in [0.1, 0.15) is 11.6 Å². The van der Waals surface area contributed by atoms with Crippen LogP contribution in [0.4, 0.5) is 5.82 Å². The lowest BCUT2D eigenvalue weighted by atomic mass is 10.1. The molecule has 0 radical (unpaired) electrons. The number of nitrogen functional groups attached to an aromatic ring is 1. The van der Waals surface area contributed by atoms with Crippen molar-refractivity contribution in [2.45, 2.75) is 6.54 Å². The van der Waals surface area contributed by atoms with E-state index >= 15 is 0 Å². The number of aromatic amines is 1. The summed E-state index contributed by atoms with van der Waals surface area (Å²) < 4.78 is 0. The Morgan fingerprint density at radius 2 is 1.86 bits per heavy atom. The van der Waals surface area contributed by atoms with Crippen LogP contribution in [0.2, 0.25) is 0 Å². The molecule has 0 aliphatic carbocycles. The first-order valence-corrected chi connectivity index (χ1v) is 9.64. The Bertz CT molecular complexity index is 1190. The predicted octanol–water partition coefficient (Wildman–Crippen LogP) is 2.05. The van der Waals surface area contributed by atoms with Crippen LogP contribution in [-0.2, 0) is 6.54 Å². The fourth-order valence-electron chi connectivity index (χ4n) is 3.85. The number of piperazine rings is 1. The van der Waals surface area contributed by atoms with E-state index in [0.29, 0.717) is 36.8 Å². The Hall–Kier alpha value is -3.52. The number of carbonyl (C=O) groups is 1. The van der Waals surface area contributed by atoms with Crippen LogP contribution in [0.1, 0.15) is 16.2 Å². The van der Waals surface area contributed by atoms with Gasteiger partial charge in [0, 0.05) is 37.0 Å². The second kappa shape index (κ2) is 7.14. The topological polar surface area (TPSA) is 104 Å². The summed E-state index contributed by atoms with van der Waals surface area (Å²) in [6, 6.07) is 13.4. The zero-order valence-corrected chi connectivity index (χ0v) is 15.9. The van der Waals surface area contributed by atoms with Crippen LogP contribution in [0, 0.1) is 0 Å². The van der Waals surface area contributed by atoms with Crippen LogP contribution in [0.25, 0.3) is 21.8 Å². The highest BCUT2D eigenvalue weighted by Crippen LogP contribution is 2.20. The highest BCUT2D eigenvalue weighted by Gasteiger charge is 2.24. The van der Waals surface area contributed by atoms with E-state index in [0.717, 1.165) is 34.9 Å². The average Bonchev–Trinajstić information content (AvgIpc) is 3.23. The normalized spacial score (nSPS) is 15.2. The van der Waals surface area contributed by atoms with Gasteiger partial charge < -0.3 is 10.6 Å². The summed E-state index contributed by atoms with van der Waals surface area (Å²) in [6.07, 6.45) is 1.74. The van der Waals surface area contributed by atoms with Crippen molar-refractivity contribution in [3.8, 4) is 0 Å². The van der Waals surface area contributed by atoms with E-state index in [1.54, 1.807) is 6.20 Å². The minimum Gasteiger partial charge on any atom is -0.383 e. The highest BCUT2D eigenvalue weighted by molar-refractivity contribution is 6.05. The van der Waals surface area contributed by atoms with Gasteiger partial charge in [0.05, 0.1) is 29.3 Å². The molecule has 8 heteroatoms. The van der Waals surface area contributed by atoms with Crippen LogP contribution >= 0.6 is 0 Å². The number of aromatic nitrogens is 4. The number of hydrogen-bond acceptors (Lipinski definition) is 6. The number of nitrogens with zero attached hydrogens (tertiary/aromatic N) is 5. The van der Waals surface area contributed by atoms with Gasteiger partial charge in [-0.05, 0) is 18.2 Å². The standard InChI is InChI=1S/C21H21N7O/c22-20-15-5-1-2-7-17(15)24-18(25-20)13-27-8-10-28(11-9-27)21(29)16-6-3-4-14-12-23-26-19(14)16/h1-7,12H,8-11,13H2,(H,23,26)(H2,22,24,25). The smallest absolute Gasteiger partial charge is 0.256 e. The number of hydrogen-bond donors (Lipinski definition) is 2. The Labute approximate surface area is 167 Å². The van der Waals surface area contributed by atoms with Crippen LogP contribution < -0.4 is 5.73 Å². The first kappa shape index (κ1) is 17.6. The zero-order chi connectivity index (χ0) is 19.8. The Kier molecular flexibility index (Phi) is 4.33. The maximum atomic E-state index is 13.0. The van der Waals surface area contributed by atoms with Gasteiger partial charge in [-0.3, -0.25) is 14.8 Å². The van der Waals surface area contributed by atoms with E-state index in [4.69, 9.17) is 5.73 Å². The first-order valence-electron chi connectivity index (χ1n) is 9.64. The van der Waals surface area contributed by atoms with Gasteiger partial charge in [0.2, 0.25) is 0 Å². The molecular weight excluding hydrogens is 366 g/mol. The first-order chi connectivity index (χ1) is 14.2. The van der Waals surface area contributed by atoms with Crippen molar-refractivity contribution in [1.29, 1.82) is 0 Å². The number of carbonyl (C=O) groups excluding carboxylic acids is 1. The van der Waals surface area contributed by atoms with Crippen LogP contribution in [-0.4, -0.2) is 62.1 Å². The SMILES string of the molecule is Nc1nc(CN2CCN(C(=O)c3cccc4cn[nH]c34)CC2)nc2ccccc12. The molecule has 1 saturated heterocycles. The summed E-state index contributed by atoms with van der Waals surface area (Å²) in [7, 11) is 0. The van der Waals surface area contributed by atoms with Crippen molar-refractivity contribution in [2.75, 3.05) is 31.9 Å². The van der Waals surface area contributed by atoms with Gasteiger partial charge in [-0.1, -0.05) is 24.3 Å². The van der Waals surface area contributed by atoms with E-state index in [9.17, 15) is 4.79 Å². The molecule has 4 aromatic rings. The van der Waals surface area contributed by atoms with Crippen LogP contribution in [0.15, 0.2) is 48.7 Å². The summed E-state index contributed by atoms with van der Waals surface area (Å²) in [5.41, 5.74) is 8.41. The Morgan fingerprint density at radius 1 is 1.03 bits per heavy atom. The number of rotatable bonds is 3. The summed E-state index contributed by atoms with van der Waals surface area (Å²) >= 11 is 0. The Balaban J connectivity index is 1.27. The van der Waals surface area contributed by atoms with Gasteiger partial charge in [-0.25, -0.2) is 9.97 Å². The third-order valence-corrected chi connectivity index (χ3v) is 5.41. The van der Waals surface area contributed by atoms with Gasteiger partial charge in [-0.15, -0.1) is 0 Å². The number of benzene rings is 2. The second-order valence-corrected chi connectivity index (χ2v) is 7.25. The summed E-state index contributed by atoms with van der Waals surface area (Å²) in [6.45, 7) is 3.47. The molecule has 2 aromatic carbocycles. The molecule has 0 bridgehead atoms. The fraction of sp³-hybridized carbons (Fsp3) is 0.238. The number of anilines is 1. The molecule has 0 saturated carbocycles. The largest absolute Gasteiger partial charge is 0.383 e. The Morgan fingerprint density at radius 3 is 2.72 bits per heavy atom. The fourth-order valence-corrected chi connectivity index (χ4v) is 3.85. The molecule has 29 heavy (non-hydrogen) atoms. The summed E-state index contributed by atoms with van der Waals surface area (Å²) in [4.78, 5) is 26.2. The van der Waals surface area contributed by atoms with Gasteiger partial charge >= 0.3 is 0 Å². The number of fused-ring (bicyclic) bond motifs is 2. The average molecular weight is 387 g/mol. The molecule has 1 fully saturated rings. The van der Waals surface area contributed by atoms with E-state index in [1.165, 1.54) is 0 Å². The van der Waals surface area contributed by atoms with Crippen molar-refractivity contribution in [2.24, 2.45) is 0 Å². The minimum absolute atomic E-state index is 0.0331. The third-order valence-electron chi connectivity index (χ3n) is 5.41. The van der Waals surface area contributed by atoms with Crippen molar-refractivity contribution < 1.29 is 4.79 Å². The molecule has 0 atom stereocenters. The van der Waals surface area contributed by atoms with Crippen molar-refractivity contribution >= 4 is 33.5 Å². The molecule has 146 valence electrons. The van der Waals surface area contributed by atoms with Gasteiger partial charge in [0.15, 0.2) is 0 Å². The maximum Gasteiger partial charge on any atom is 0.256 e. The molecule has 0 unspecified atom stereocenters. The number of para-hydroxylation sites is 2. The van der Waals surface area contributed by atoms with Crippen LogP contribution in [0.3, 0.4) is 0 Å². The molecule has 1 amide bonds. The van der Waals surface area contributed by atoms with Gasteiger partial charge in [0.25, 0.3) is 5.91 Å². The van der Waals surface area contributed by atoms with Crippen molar-refractivity contribution in [3.05, 3.63) is 60.0 Å². The molecule has 1 aliphatic heterocycles. The van der Waals surface area contributed by atoms with Gasteiger partial charge in [-0.2, -0.15) is 5.10 Å². The minimum atomic E-state index is 0.0331. The quantitative estimate of drug-likeness (QED) is 0.558. The molecule has 8 nitrogen and oxygen atoms in total. The molecular formula is C21H21N7O. The molecule has 0 spiro atoms. The number of nitrogens with two attached hydrogens (primary N) is 1. The number of amides is 1. The lowest BCUT2D eigenvalue weighted by Gasteiger charge is -2.34. The zero-order valence-electron chi connectivity index (χ0n) is 15.9. The van der Waals surface area contributed by atoms with E-state index < -0.39 is 0 Å². The third kappa shape index (κ3) is 3.27. The molecule has 1 aliphatic rings. The highest BCUT2D eigenvalue weighted by atomic mass is 16.2. The number of nitrogens with one attached hydrogen (secondary N) is 1. The van der Waals surface area contributed by atoms with Crippen molar-refractivity contribution in [3.63, 3.8) is 0 Å². The van der Waals surface area contributed by atoms with Crippen LogP contribution in [0.5, 0.6) is 0 Å². The molecule has 2 aromatic heterocycles. The number of H-pyrrole nitrogens is 1. The van der Waals surface area contributed by atoms with E-state index in [2.05, 4.69) is 25.1 Å². The van der Waals surface area contributed by atoms with Crippen molar-refractivity contribution in [1.82, 2.24) is 30.0 Å². The molecule has 3 N–H and O–H groups in total. The van der Waals surface area contributed by atoms with E-state index in [1.807, 2.05) is 47.4 Å². The second-order valence-electron chi connectivity index (χ2n) is 7.25. The lowest BCUT2D eigenvalue weighted by Crippen LogP contribution is -2.48. The lowest BCUT2D eigenvalue weighted by molar-refractivity contribution is 0.0627. The predicted molar refractivity (Wildman–Crippen MR) is 111 cm³/mol. The molecule has 5 rings (SSSR count). The maximum absolute atomic E-state index is 13.0. The molecule has 3 heterocycles. The monoisotopic (exact) mass is 387 g/mol. The summed E-state index contributed by atoms with van der Waals surface area (Å²) in [5.74, 6) is 1.25. The van der Waals surface area contributed by atoms with E-state index in [-0.39, 0.29) is 5.91 Å².